The van der Waals surface area contributed by atoms with Gasteiger partial charge in [-0.25, -0.2) is 4.39 Å². The van der Waals surface area contributed by atoms with E-state index in [-0.39, 0.29) is 6.54 Å². The first kappa shape index (κ1) is 14.6. The molecule has 3 heterocycles. The first-order valence-corrected chi connectivity index (χ1v) is 7.53. The van der Waals surface area contributed by atoms with Crippen LogP contribution in [0.5, 0.6) is 0 Å². The summed E-state index contributed by atoms with van der Waals surface area (Å²) in [7, 11) is 0. The van der Waals surface area contributed by atoms with Gasteiger partial charge in [-0.3, -0.25) is 9.20 Å². The Morgan fingerprint density at radius 2 is 1.79 bits per heavy atom. The molecule has 120 valence electrons. The Labute approximate surface area is 140 Å². The molecule has 0 bridgehead atoms. The smallest absolute Gasteiger partial charge is 0.292 e. The summed E-state index contributed by atoms with van der Waals surface area (Å²) < 4.78 is 15.1. The summed E-state index contributed by atoms with van der Waals surface area (Å²) in [6.45, 7) is 0.217. The van der Waals surface area contributed by atoms with Crippen molar-refractivity contribution >= 4 is 17.2 Å². The van der Waals surface area contributed by atoms with E-state index in [0.717, 1.165) is 11.6 Å². The van der Waals surface area contributed by atoms with E-state index in [9.17, 15) is 9.18 Å². The third kappa shape index (κ3) is 2.39. The summed E-state index contributed by atoms with van der Waals surface area (Å²) >= 11 is 5.94. The van der Waals surface area contributed by atoms with Crippen molar-refractivity contribution in [2.45, 2.75) is 6.54 Å². The molecule has 0 amide bonds. The van der Waals surface area contributed by atoms with Crippen LogP contribution >= 0.6 is 11.6 Å². The average molecular weight is 344 g/mol. The maximum Gasteiger partial charge on any atom is 0.292 e. The number of benzene rings is 1. The van der Waals surface area contributed by atoms with Gasteiger partial charge >= 0.3 is 0 Å². The molecular formula is C16H11ClFN5O. The second-order valence-electron chi connectivity index (χ2n) is 5.22. The zero-order chi connectivity index (χ0) is 16.7. The molecule has 0 aliphatic heterocycles. The van der Waals surface area contributed by atoms with Crippen LogP contribution in [0.2, 0.25) is 5.02 Å². The van der Waals surface area contributed by atoms with Crippen LogP contribution in [0.15, 0.2) is 53.6 Å². The van der Waals surface area contributed by atoms with Gasteiger partial charge in [0.2, 0.25) is 0 Å². The summed E-state index contributed by atoms with van der Waals surface area (Å²) in [4.78, 5) is 16.9. The van der Waals surface area contributed by atoms with Crippen molar-refractivity contribution in [3.8, 4) is 11.3 Å². The van der Waals surface area contributed by atoms with Crippen molar-refractivity contribution in [1.82, 2.24) is 24.4 Å². The van der Waals surface area contributed by atoms with Gasteiger partial charge in [-0.15, -0.1) is 0 Å². The first-order valence-electron chi connectivity index (χ1n) is 7.15. The number of pyridine rings is 1. The highest BCUT2D eigenvalue weighted by molar-refractivity contribution is 6.30. The van der Waals surface area contributed by atoms with Gasteiger partial charge in [-0.2, -0.15) is 15.0 Å². The summed E-state index contributed by atoms with van der Waals surface area (Å²) in [6, 6.07) is 9.83. The zero-order valence-electron chi connectivity index (χ0n) is 12.3. The number of H-pyrrole nitrogens is 1. The Morgan fingerprint density at radius 3 is 2.50 bits per heavy atom. The minimum atomic E-state index is -0.816. The Morgan fingerprint density at radius 1 is 1.08 bits per heavy atom. The van der Waals surface area contributed by atoms with E-state index in [0.29, 0.717) is 22.1 Å². The highest BCUT2D eigenvalue weighted by atomic mass is 35.5. The number of hydrogen-bond donors (Lipinski definition) is 1. The molecule has 1 aromatic carbocycles. The van der Waals surface area contributed by atoms with Gasteiger partial charge in [0.05, 0.1) is 23.8 Å². The van der Waals surface area contributed by atoms with E-state index in [1.165, 1.54) is 15.3 Å². The third-order valence-electron chi connectivity index (χ3n) is 3.74. The zero-order valence-corrected chi connectivity index (χ0v) is 13.0. The van der Waals surface area contributed by atoms with E-state index in [1.54, 1.807) is 24.5 Å². The van der Waals surface area contributed by atoms with Gasteiger partial charge in [0.15, 0.2) is 5.82 Å². The molecule has 24 heavy (non-hydrogen) atoms. The molecule has 8 heteroatoms. The van der Waals surface area contributed by atoms with Gasteiger partial charge in [0.25, 0.3) is 5.56 Å². The maximum atomic E-state index is 13.8. The number of rotatable bonds is 3. The van der Waals surface area contributed by atoms with Crippen molar-refractivity contribution in [3.63, 3.8) is 0 Å². The molecule has 0 saturated heterocycles. The molecule has 1 N–H and O–H groups in total. The van der Waals surface area contributed by atoms with E-state index in [1.807, 2.05) is 12.1 Å². The topological polar surface area (TPSA) is 68.0 Å². The van der Waals surface area contributed by atoms with Crippen LogP contribution in [-0.4, -0.2) is 24.4 Å². The SMILES string of the molecule is O=c1c(F)ccc2[nH]c(-c3ccc(Cl)cc3)c(Cn3nccn3)n12. The second-order valence-corrected chi connectivity index (χ2v) is 5.66. The van der Waals surface area contributed by atoms with Crippen LogP contribution in [-0.2, 0) is 6.54 Å². The molecule has 0 aliphatic rings. The highest BCUT2D eigenvalue weighted by Crippen LogP contribution is 2.25. The summed E-state index contributed by atoms with van der Waals surface area (Å²) in [6.07, 6.45) is 3.08. The van der Waals surface area contributed by atoms with Crippen LogP contribution < -0.4 is 5.56 Å². The summed E-state index contributed by atoms with van der Waals surface area (Å²) in [5, 5.41) is 8.73. The predicted octanol–water partition coefficient (Wildman–Crippen LogP) is 2.73. The van der Waals surface area contributed by atoms with Crippen molar-refractivity contribution in [2.75, 3.05) is 0 Å². The van der Waals surface area contributed by atoms with Crippen molar-refractivity contribution < 1.29 is 4.39 Å². The maximum absolute atomic E-state index is 13.8. The average Bonchev–Trinajstić information content (AvgIpc) is 3.21. The number of aromatic amines is 1. The third-order valence-corrected chi connectivity index (χ3v) is 3.99. The van der Waals surface area contributed by atoms with E-state index in [2.05, 4.69) is 15.2 Å². The Kier molecular flexibility index (Phi) is 3.42. The molecule has 6 nitrogen and oxygen atoms in total. The number of nitrogens with zero attached hydrogens (tertiary/aromatic N) is 4. The highest BCUT2D eigenvalue weighted by Gasteiger charge is 2.17. The minimum absolute atomic E-state index is 0.217. The lowest BCUT2D eigenvalue weighted by molar-refractivity contribution is 0.569. The number of nitrogens with one attached hydrogen (secondary N) is 1. The number of aromatic nitrogens is 5. The van der Waals surface area contributed by atoms with Crippen molar-refractivity contribution in [1.29, 1.82) is 0 Å². The molecule has 0 atom stereocenters. The lowest BCUT2D eigenvalue weighted by Gasteiger charge is -2.05. The molecular weight excluding hydrogens is 333 g/mol. The minimum Gasteiger partial charge on any atom is -0.339 e. The standard InChI is InChI=1S/C16H11ClFN5O/c17-11-3-1-10(2-4-11)15-13(9-22-19-7-8-20-22)23-14(21-15)6-5-12(18)16(23)24/h1-8,21H,9H2. The van der Waals surface area contributed by atoms with E-state index < -0.39 is 11.4 Å². The lowest BCUT2D eigenvalue weighted by atomic mass is 10.1. The van der Waals surface area contributed by atoms with E-state index in [4.69, 9.17) is 11.6 Å². The van der Waals surface area contributed by atoms with Gasteiger partial charge in [-0.05, 0) is 29.8 Å². The first-order chi connectivity index (χ1) is 11.6. The summed E-state index contributed by atoms with van der Waals surface area (Å²) in [5.74, 6) is -0.816. The molecule has 0 spiro atoms. The molecule has 4 aromatic rings. The van der Waals surface area contributed by atoms with Gasteiger partial charge in [0, 0.05) is 5.02 Å². The number of halogens is 2. The van der Waals surface area contributed by atoms with Gasteiger partial charge in [0.1, 0.15) is 12.2 Å². The normalized spacial score (nSPS) is 11.2. The number of fused-ring (bicyclic) bond motifs is 1. The predicted molar refractivity (Wildman–Crippen MR) is 87.5 cm³/mol. The molecule has 3 aromatic heterocycles. The van der Waals surface area contributed by atoms with Crippen LogP contribution in [0, 0.1) is 5.82 Å². The lowest BCUT2D eigenvalue weighted by Crippen LogP contribution is -2.20. The van der Waals surface area contributed by atoms with Crippen LogP contribution in [0.1, 0.15) is 5.69 Å². The fourth-order valence-electron chi connectivity index (χ4n) is 2.66. The largest absolute Gasteiger partial charge is 0.339 e. The van der Waals surface area contributed by atoms with Crippen molar-refractivity contribution in [3.05, 3.63) is 75.7 Å². The van der Waals surface area contributed by atoms with Crippen LogP contribution in [0.4, 0.5) is 4.39 Å². The molecule has 0 fully saturated rings. The van der Waals surface area contributed by atoms with Crippen LogP contribution in [0.3, 0.4) is 0 Å². The molecule has 0 radical (unpaired) electrons. The summed E-state index contributed by atoms with van der Waals surface area (Å²) in [5.41, 5.74) is 1.85. The van der Waals surface area contributed by atoms with Crippen molar-refractivity contribution in [2.24, 2.45) is 0 Å². The molecule has 0 aliphatic carbocycles. The fourth-order valence-corrected chi connectivity index (χ4v) is 2.78. The van der Waals surface area contributed by atoms with Gasteiger partial charge < -0.3 is 4.98 Å². The molecule has 0 saturated carbocycles. The number of imidazole rings is 1. The Balaban J connectivity index is 2.00. The Bertz CT molecular complexity index is 1070. The fraction of sp³-hybridized carbons (Fsp3) is 0.0625. The molecule has 0 unspecified atom stereocenters. The van der Waals surface area contributed by atoms with E-state index >= 15 is 0 Å². The monoisotopic (exact) mass is 343 g/mol. The quantitative estimate of drug-likeness (QED) is 0.622. The van der Waals surface area contributed by atoms with Gasteiger partial charge in [-0.1, -0.05) is 23.7 Å². The number of hydrogen-bond acceptors (Lipinski definition) is 3. The van der Waals surface area contributed by atoms with Crippen LogP contribution in [0.25, 0.3) is 16.9 Å². The molecule has 4 rings (SSSR count). The second kappa shape index (κ2) is 5.61. The Hall–Kier alpha value is -2.93.